The fraction of sp³-hybridized carbons (Fsp3) is 0.600. The highest BCUT2D eigenvalue weighted by Crippen LogP contribution is 2.30. The van der Waals surface area contributed by atoms with E-state index in [2.05, 4.69) is 41.2 Å². The van der Waals surface area contributed by atoms with Gasteiger partial charge in [-0.05, 0) is 44.2 Å². The van der Waals surface area contributed by atoms with Crippen molar-refractivity contribution in [1.82, 2.24) is 5.32 Å². The first-order chi connectivity index (χ1) is 9.15. The van der Waals surface area contributed by atoms with Gasteiger partial charge in [0.05, 0.1) is 0 Å². The van der Waals surface area contributed by atoms with Crippen LogP contribution in [0.25, 0.3) is 0 Å². The molecule has 4 heteroatoms. The predicted octanol–water partition coefficient (Wildman–Crippen LogP) is 3.29. The maximum absolute atomic E-state index is 6.04. The smallest absolute Gasteiger partial charge is 0.128 e. The summed E-state index contributed by atoms with van der Waals surface area (Å²) < 4.78 is 13.0. The number of rotatable bonds is 6. The molecule has 0 spiro atoms. The maximum Gasteiger partial charge on any atom is 0.128 e. The molecule has 1 N–H and O–H groups in total. The van der Waals surface area contributed by atoms with Crippen LogP contribution in [-0.2, 0) is 4.74 Å². The molecule has 3 unspecified atom stereocenters. The van der Waals surface area contributed by atoms with Gasteiger partial charge in [0.15, 0.2) is 0 Å². The Morgan fingerprint density at radius 3 is 2.84 bits per heavy atom. The van der Waals surface area contributed by atoms with Crippen molar-refractivity contribution in [3.63, 3.8) is 0 Å². The summed E-state index contributed by atoms with van der Waals surface area (Å²) in [6.07, 6.45) is 2.36. The first-order valence-corrected chi connectivity index (χ1v) is 7.66. The van der Waals surface area contributed by atoms with E-state index in [1.165, 1.54) is 5.56 Å². The lowest BCUT2D eigenvalue weighted by atomic mass is 9.85. The molecule has 0 bridgehead atoms. The van der Waals surface area contributed by atoms with Gasteiger partial charge < -0.3 is 14.8 Å². The topological polar surface area (TPSA) is 30.5 Å². The van der Waals surface area contributed by atoms with E-state index in [4.69, 9.17) is 9.47 Å². The minimum absolute atomic E-state index is 0.157. The predicted molar refractivity (Wildman–Crippen MR) is 80.8 cm³/mol. The van der Waals surface area contributed by atoms with E-state index < -0.39 is 0 Å². The molecular formula is C15H22BrNO2. The van der Waals surface area contributed by atoms with E-state index in [-0.39, 0.29) is 12.2 Å². The molecular weight excluding hydrogens is 306 g/mol. The summed E-state index contributed by atoms with van der Waals surface area (Å²) in [5.41, 5.74) is 1.19. The SMILES string of the molecule is CCCOC1C(NC)CC1Oc1ccc(Br)c(C)c1. The number of halogens is 1. The number of aryl methyl sites for hydroxylation is 1. The van der Waals surface area contributed by atoms with Gasteiger partial charge >= 0.3 is 0 Å². The van der Waals surface area contributed by atoms with E-state index in [1.54, 1.807) is 0 Å². The summed E-state index contributed by atoms with van der Waals surface area (Å²) >= 11 is 3.50. The maximum atomic E-state index is 6.04. The largest absolute Gasteiger partial charge is 0.488 e. The van der Waals surface area contributed by atoms with Gasteiger partial charge in [-0.15, -0.1) is 0 Å². The minimum atomic E-state index is 0.157. The zero-order chi connectivity index (χ0) is 13.8. The fourth-order valence-electron chi connectivity index (χ4n) is 2.32. The van der Waals surface area contributed by atoms with Crippen LogP contribution in [0, 0.1) is 6.92 Å². The fourth-order valence-corrected chi connectivity index (χ4v) is 2.57. The third-order valence-corrected chi connectivity index (χ3v) is 4.44. The normalized spacial score (nSPS) is 26.0. The van der Waals surface area contributed by atoms with Gasteiger partial charge in [-0.3, -0.25) is 0 Å². The molecule has 0 radical (unpaired) electrons. The molecule has 3 nitrogen and oxygen atoms in total. The highest BCUT2D eigenvalue weighted by Gasteiger charge is 2.42. The van der Waals surface area contributed by atoms with E-state index in [9.17, 15) is 0 Å². The van der Waals surface area contributed by atoms with Gasteiger partial charge in [-0.25, -0.2) is 0 Å². The van der Waals surface area contributed by atoms with Crippen LogP contribution in [-0.4, -0.2) is 31.9 Å². The standard InChI is InChI=1S/C15H22BrNO2/c1-4-7-18-15-13(17-3)9-14(15)19-11-5-6-12(16)10(2)8-11/h5-6,8,13-15,17H,4,7,9H2,1-3H3. The Kier molecular flexibility index (Phi) is 5.25. The Balaban J connectivity index is 1.96. The van der Waals surface area contributed by atoms with Crippen LogP contribution in [0.1, 0.15) is 25.3 Å². The van der Waals surface area contributed by atoms with Crippen LogP contribution in [0.3, 0.4) is 0 Å². The zero-order valence-electron chi connectivity index (χ0n) is 11.8. The van der Waals surface area contributed by atoms with E-state index in [1.807, 2.05) is 19.2 Å². The van der Waals surface area contributed by atoms with Crippen LogP contribution in [0.5, 0.6) is 5.75 Å². The summed E-state index contributed by atoms with van der Waals surface area (Å²) in [5, 5.41) is 3.28. The van der Waals surface area contributed by atoms with Crippen molar-refractivity contribution < 1.29 is 9.47 Å². The number of ether oxygens (including phenoxy) is 2. The van der Waals surface area contributed by atoms with E-state index in [0.717, 1.165) is 29.7 Å². The number of hydrogen-bond donors (Lipinski definition) is 1. The van der Waals surface area contributed by atoms with Crippen molar-refractivity contribution in [2.75, 3.05) is 13.7 Å². The molecule has 0 heterocycles. The van der Waals surface area contributed by atoms with Crippen LogP contribution >= 0.6 is 15.9 Å². The lowest BCUT2D eigenvalue weighted by Gasteiger charge is -2.43. The molecule has 0 saturated heterocycles. The molecule has 3 atom stereocenters. The van der Waals surface area contributed by atoms with Crippen LogP contribution in [0.2, 0.25) is 0 Å². The molecule has 1 aromatic carbocycles. The van der Waals surface area contributed by atoms with Gasteiger partial charge in [0.25, 0.3) is 0 Å². The number of nitrogens with one attached hydrogen (secondary N) is 1. The van der Waals surface area contributed by atoms with Crippen molar-refractivity contribution >= 4 is 15.9 Å². The summed E-state index contributed by atoms with van der Waals surface area (Å²) in [6.45, 7) is 4.99. The second kappa shape index (κ2) is 6.73. The molecule has 0 amide bonds. The molecule has 1 aromatic rings. The van der Waals surface area contributed by atoms with Crippen molar-refractivity contribution in [2.45, 2.75) is 44.9 Å². The summed E-state index contributed by atoms with van der Waals surface area (Å²) in [5.74, 6) is 0.922. The molecule has 1 fully saturated rings. The van der Waals surface area contributed by atoms with Crippen LogP contribution in [0.4, 0.5) is 0 Å². The second-order valence-electron chi connectivity index (χ2n) is 5.03. The van der Waals surface area contributed by atoms with Gasteiger partial charge in [0, 0.05) is 23.5 Å². The highest BCUT2D eigenvalue weighted by molar-refractivity contribution is 9.10. The second-order valence-corrected chi connectivity index (χ2v) is 5.89. The van der Waals surface area contributed by atoms with Gasteiger partial charge in [0.1, 0.15) is 18.0 Å². The van der Waals surface area contributed by atoms with Crippen molar-refractivity contribution in [3.05, 3.63) is 28.2 Å². The molecule has 1 saturated carbocycles. The summed E-state index contributed by atoms with van der Waals surface area (Å²) in [4.78, 5) is 0. The third kappa shape index (κ3) is 3.50. The van der Waals surface area contributed by atoms with Gasteiger partial charge in [-0.1, -0.05) is 22.9 Å². The Morgan fingerprint density at radius 2 is 2.21 bits per heavy atom. The van der Waals surface area contributed by atoms with Crippen LogP contribution in [0.15, 0.2) is 22.7 Å². The summed E-state index contributed by atoms with van der Waals surface area (Å²) in [7, 11) is 1.98. The number of likely N-dealkylation sites (N-methyl/N-ethyl adjacent to an activating group) is 1. The van der Waals surface area contributed by atoms with Crippen molar-refractivity contribution in [1.29, 1.82) is 0 Å². The van der Waals surface area contributed by atoms with Crippen LogP contribution < -0.4 is 10.1 Å². The molecule has 0 aromatic heterocycles. The lowest BCUT2D eigenvalue weighted by molar-refractivity contribution is -0.106. The number of hydrogen-bond acceptors (Lipinski definition) is 3. The minimum Gasteiger partial charge on any atom is -0.488 e. The molecule has 106 valence electrons. The van der Waals surface area contributed by atoms with Crippen molar-refractivity contribution in [2.24, 2.45) is 0 Å². The average molecular weight is 328 g/mol. The Morgan fingerprint density at radius 1 is 1.42 bits per heavy atom. The quantitative estimate of drug-likeness (QED) is 0.869. The molecule has 2 rings (SSSR count). The molecule has 19 heavy (non-hydrogen) atoms. The molecule has 0 aliphatic heterocycles. The Labute approximate surface area is 123 Å². The number of benzene rings is 1. The van der Waals surface area contributed by atoms with E-state index >= 15 is 0 Å². The van der Waals surface area contributed by atoms with Gasteiger partial charge in [0.2, 0.25) is 0 Å². The molecule has 1 aliphatic rings. The molecule has 1 aliphatic carbocycles. The summed E-state index contributed by atoms with van der Waals surface area (Å²) in [6, 6.07) is 6.50. The van der Waals surface area contributed by atoms with Crippen molar-refractivity contribution in [3.8, 4) is 5.75 Å². The first kappa shape index (κ1) is 14.8. The zero-order valence-corrected chi connectivity index (χ0v) is 13.4. The monoisotopic (exact) mass is 327 g/mol. The van der Waals surface area contributed by atoms with Gasteiger partial charge in [-0.2, -0.15) is 0 Å². The average Bonchev–Trinajstić information content (AvgIpc) is 2.38. The Hall–Kier alpha value is -0.580. The lowest BCUT2D eigenvalue weighted by Crippen LogP contribution is -2.60. The third-order valence-electron chi connectivity index (χ3n) is 3.55. The Bertz CT molecular complexity index is 425. The first-order valence-electron chi connectivity index (χ1n) is 6.87. The van der Waals surface area contributed by atoms with E-state index in [0.29, 0.717) is 6.04 Å². The highest BCUT2D eigenvalue weighted by atomic mass is 79.9.